The molecule has 0 saturated carbocycles. The zero-order chi connectivity index (χ0) is 4.28. The molecule has 0 aliphatic carbocycles. The fourth-order valence-electron chi connectivity index (χ4n) is 0. The van der Waals surface area contributed by atoms with Crippen LogP contribution in [0, 0.1) is 0 Å². The van der Waals surface area contributed by atoms with Crippen molar-refractivity contribution in [1.29, 1.82) is 0 Å². The van der Waals surface area contributed by atoms with Crippen molar-refractivity contribution in [2.75, 3.05) is 6.61 Å². The maximum absolute atomic E-state index is 9.12. The van der Waals surface area contributed by atoms with Gasteiger partial charge in [0, 0.05) is 0 Å². The minimum atomic E-state index is -1.19. The molecular weight excluding hydrogens is 108 g/mol. The summed E-state index contributed by atoms with van der Waals surface area (Å²) in [6, 6.07) is 0. The summed E-state index contributed by atoms with van der Waals surface area (Å²) in [7, 11) is 0. The second-order valence-corrected chi connectivity index (χ2v) is 0.552. The van der Waals surface area contributed by atoms with E-state index in [4.69, 9.17) is 15.0 Å². The van der Waals surface area contributed by atoms with Crippen LogP contribution in [0.4, 0.5) is 0 Å². The molecule has 0 radical (unpaired) electrons. The molecular formula is C5H16O3. The zero-order valence-electron chi connectivity index (χ0n) is 2.51. The lowest BCUT2D eigenvalue weighted by Gasteiger charge is -1.72. The Kier molecular flexibility index (Phi) is 52.6. The second-order valence-electron chi connectivity index (χ2n) is 0.552. The fourth-order valence-corrected chi connectivity index (χ4v) is 0. The summed E-state index contributed by atoms with van der Waals surface area (Å²) in [6.07, 6.45) is 0. The van der Waals surface area contributed by atoms with E-state index in [2.05, 4.69) is 0 Å². The van der Waals surface area contributed by atoms with Gasteiger partial charge in [-0.2, -0.15) is 0 Å². The molecule has 0 heterocycles. The fraction of sp³-hybridized carbons (Fsp3) is 0.800. The molecule has 2 N–H and O–H groups in total. The van der Waals surface area contributed by atoms with Gasteiger partial charge >= 0.3 is 5.97 Å². The average molecular weight is 124 g/mol. The van der Waals surface area contributed by atoms with Gasteiger partial charge in [0.15, 0.2) is 0 Å². The summed E-state index contributed by atoms with van der Waals surface area (Å²) < 4.78 is 0. The highest BCUT2D eigenvalue weighted by molar-refractivity contribution is 5.67. The molecule has 0 atom stereocenters. The number of aliphatic hydroxyl groups excluding tert-OH is 1. The van der Waals surface area contributed by atoms with Gasteiger partial charge in [0.25, 0.3) is 0 Å². The van der Waals surface area contributed by atoms with Crippen LogP contribution in [0.3, 0.4) is 0 Å². The van der Waals surface area contributed by atoms with Crippen LogP contribution in [0.2, 0.25) is 0 Å². The Labute approximate surface area is 51.0 Å². The number of carbonyl (C=O) groups is 1. The Morgan fingerprint density at radius 2 is 1.38 bits per heavy atom. The third kappa shape index (κ3) is 52.1. The van der Waals surface area contributed by atoms with Crippen LogP contribution in [0.1, 0.15) is 22.3 Å². The number of carboxylic acid groups (broad SMARTS) is 1. The minimum Gasteiger partial charge on any atom is -0.480 e. The van der Waals surface area contributed by atoms with Gasteiger partial charge in [-0.05, 0) is 0 Å². The van der Waals surface area contributed by atoms with Gasteiger partial charge in [0.2, 0.25) is 0 Å². The zero-order valence-corrected chi connectivity index (χ0v) is 2.51. The molecule has 8 heavy (non-hydrogen) atoms. The predicted octanol–water partition coefficient (Wildman–Crippen LogP) is 0.972. The average Bonchev–Trinajstić information content (AvgIpc) is 1.38. The molecule has 0 aromatic heterocycles. The Morgan fingerprint density at radius 1 is 1.25 bits per heavy atom. The van der Waals surface area contributed by atoms with Crippen molar-refractivity contribution in [2.45, 2.75) is 22.3 Å². The van der Waals surface area contributed by atoms with Crippen molar-refractivity contribution in [2.24, 2.45) is 0 Å². The van der Waals surface area contributed by atoms with E-state index in [9.17, 15) is 0 Å². The Hall–Kier alpha value is -0.570. The molecule has 3 nitrogen and oxygen atoms in total. The van der Waals surface area contributed by atoms with Crippen LogP contribution in [0.25, 0.3) is 0 Å². The van der Waals surface area contributed by atoms with E-state index < -0.39 is 12.6 Å². The van der Waals surface area contributed by atoms with Crippen LogP contribution in [-0.2, 0) is 4.79 Å². The first-order valence-electron chi connectivity index (χ1n) is 1.10. The van der Waals surface area contributed by atoms with Crippen molar-refractivity contribution >= 4 is 5.97 Å². The van der Waals surface area contributed by atoms with Crippen molar-refractivity contribution < 1.29 is 15.0 Å². The van der Waals surface area contributed by atoms with Gasteiger partial charge in [-0.15, -0.1) is 0 Å². The summed E-state index contributed by atoms with van der Waals surface area (Å²) in [5.41, 5.74) is 0. The molecule has 0 aromatic rings. The van der Waals surface area contributed by atoms with E-state index in [1.165, 1.54) is 0 Å². The third-order valence-corrected chi connectivity index (χ3v) is 0.135. The number of aliphatic hydroxyl groups is 1. The third-order valence-electron chi connectivity index (χ3n) is 0.135. The molecule has 0 amide bonds. The smallest absolute Gasteiger partial charge is 0.329 e. The van der Waals surface area contributed by atoms with Gasteiger partial charge < -0.3 is 10.2 Å². The summed E-state index contributed by atoms with van der Waals surface area (Å²) in [4.78, 5) is 9.12. The molecule has 3 heteroatoms. The van der Waals surface area contributed by atoms with Crippen LogP contribution >= 0.6 is 0 Å². The van der Waals surface area contributed by atoms with E-state index in [1.807, 2.05) is 0 Å². The molecule has 0 aliphatic rings. The van der Waals surface area contributed by atoms with Crippen LogP contribution in [-0.4, -0.2) is 22.8 Å². The summed E-state index contributed by atoms with van der Waals surface area (Å²) in [6.45, 7) is -0.778. The van der Waals surface area contributed by atoms with Crippen molar-refractivity contribution in [1.82, 2.24) is 0 Å². The van der Waals surface area contributed by atoms with Crippen molar-refractivity contribution in [3.63, 3.8) is 0 Å². The van der Waals surface area contributed by atoms with Gasteiger partial charge in [-0.25, -0.2) is 4.79 Å². The lowest BCUT2D eigenvalue weighted by Crippen LogP contribution is -1.98. The maximum atomic E-state index is 9.12. The van der Waals surface area contributed by atoms with Gasteiger partial charge in [-0.1, -0.05) is 22.3 Å². The summed E-state index contributed by atoms with van der Waals surface area (Å²) >= 11 is 0. The molecule has 0 aromatic carbocycles. The number of aliphatic carboxylic acids is 1. The first-order valence-corrected chi connectivity index (χ1v) is 1.10. The van der Waals surface area contributed by atoms with Crippen molar-refractivity contribution in [3.8, 4) is 0 Å². The molecule has 0 aliphatic heterocycles. The number of rotatable bonds is 1. The number of hydrogen-bond acceptors (Lipinski definition) is 2. The Balaban J connectivity index is -0.0000000267. The molecule has 0 fully saturated rings. The van der Waals surface area contributed by atoms with Crippen LogP contribution in [0.5, 0.6) is 0 Å². The number of carboxylic acids is 1. The van der Waals surface area contributed by atoms with E-state index in [1.54, 1.807) is 0 Å². The van der Waals surface area contributed by atoms with Gasteiger partial charge in [0.1, 0.15) is 6.61 Å². The molecule has 0 bridgehead atoms. The summed E-state index contributed by atoms with van der Waals surface area (Å²) in [5.74, 6) is -1.19. The first kappa shape index (κ1) is 26.1. The van der Waals surface area contributed by atoms with Gasteiger partial charge in [-0.3, -0.25) is 0 Å². The molecule has 0 unspecified atom stereocenters. The van der Waals surface area contributed by atoms with E-state index >= 15 is 0 Å². The van der Waals surface area contributed by atoms with E-state index in [-0.39, 0.29) is 22.3 Å². The largest absolute Gasteiger partial charge is 0.480 e. The highest BCUT2D eigenvalue weighted by atomic mass is 16.4. The lowest BCUT2D eigenvalue weighted by atomic mass is 10.8. The first-order chi connectivity index (χ1) is 2.27. The SMILES string of the molecule is C.C.C.O=C(O)CO. The lowest BCUT2D eigenvalue weighted by molar-refractivity contribution is -0.140. The Morgan fingerprint density at radius 3 is 1.38 bits per heavy atom. The summed E-state index contributed by atoms with van der Waals surface area (Å²) in [5, 5.41) is 15.0. The van der Waals surface area contributed by atoms with Crippen LogP contribution < -0.4 is 0 Å². The highest BCUT2D eigenvalue weighted by Gasteiger charge is 1.82. The van der Waals surface area contributed by atoms with Gasteiger partial charge in [0.05, 0.1) is 0 Å². The van der Waals surface area contributed by atoms with Crippen molar-refractivity contribution in [3.05, 3.63) is 0 Å². The van der Waals surface area contributed by atoms with Crippen LogP contribution in [0.15, 0.2) is 0 Å². The number of hydrogen-bond donors (Lipinski definition) is 2. The molecule has 0 spiro atoms. The second kappa shape index (κ2) is 16.1. The monoisotopic (exact) mass is 124 g/mol. The Bertz CT molecular complexity index is 42.9. The standard InChI is InChI=1S/C2H4O3.3CH4/c3-1-2(4)5;;;/h3H,1H2,(H,4,5);3*1H4. The molecule has 0 rings (SSSR count). The maximum Gasteiger partial charge on any atom is 0.329 e. The normalized spacial score (nSPS) is 4.62. The van der Waals surface area contributed by atoms with E-state index in [0.717, 1.165) is 0 Å². The molecule has 0 saturated heterocycles. The van der Waals surface area contributed by atoms with E-state index in [0.29, 0.717) is 0 Å². The molecule has 54 valence electrons. The predicted molar refractivity (Wildman–Crippen MR) is 34.9 cm³/mol. The minimum absolute atomic E-state index is 0. The topological polar surface area (TPSA) is 57.5 Å². The quantitative estimate of drug-likeness (QED) is 0.547. The highest BCUT2D eigenvalue weighted by Crippen LogP contribution is 1.48.